The van der Waals surface area contributed by atoms with Crippen LogP contribution in [0.3, 0.4) is 0 Å². The third kappa shape index (κ3) is 2.73. The van der Waals surface area contributed by atoms with Crippen molar-refractivity contribution in [3.8, 4) is 5.88 Å². The molecule has 1 aromatic carbocycles. The molecule has 0 fully saturated rings. The summed E-state index contributed by atoms with van der Waals surface area (Å²) >= 11 is 7.26. The van der Waals surface area contributed by atoms with Crippen LogP contribution in [0.15, 0.2) is 29.9 Å². The van der Waals surface area contributed by atoms with Gasteiger partial charge in [0, 0.05) is 23.5 Å². The van der Waals surface area contributed by atoms with Crippen LogP contribution in [0.25, 0.3) is 21.3 Å². The fourth-order valence-electron chi connectivity index (χ4n) is 2.43. The molecule has 3 aromatic heterocycles. The zero-order valence-corrected chi connectivity index (χ0v) is 13.3. The van der Waals surface area contributed by atoms with Gasteiger partial charge in [-0.1, -0.05) is 0 Å². The number of nitrogens with one attached hydrogen (secondary N) is 1. The van der Waals surface area contributed by atoms with Gasteiger partial charge in [-0.25, -0.2) is 14.4 Å². The first-order chi connectivity index (χ1) is 11.2. The number of ether oxygens (including phenoxy) is 1. The molecule has 0 bridgehead atoms. The molecule has 23 heavy (non-hydrogen) atoms. The predicted octanol–water partition coefficient (Wildman–Crippen LogP) is 3.98. The Morgan fingerprint density at radius 1 is 1.30 bits per heavy atom. The number of aromatic nitrogens is 4. The number of nitrogens with zero attached hydrogens (tertiary/aromatic N) is 3. The molecule has 0 saturated carbocycles. The number of aromatic amines is 1. The number of fused-ring (bicyclic) bond motifs is 2. The molecule has 5 nitrogen and oxygen atoms in total. The molecule has 8 heteroatoms. The molecule has 0 spiro atoms. The first kappa shape index (κ1) is 14.3. The Labute approximate surface area is 139 Å². The maximum absolute atomic E-state index is 13.4. The van der Waals surface area contributed by atoms with E-state index in [1.54, 1.807) is 11.6 Å². The second-order valence-corrected chi connectivity index (χ2v) is 6.08. The molecule has 0 saturated heterocycles. The summed E-state index contributed by atoms with van der Waals surface area (Å²) in [6.07, 6.45) is 2.47. The van der Waals surface area contributed by atoms with Crippen LogP contribution in [-0.2, 0) is 6.42 Å². The van der Waals surface area contributed by atoms with Crippen LogP contribution in [0.1, 0.15) is 5.56 Å². The lowest BCUT2D eigenvalue weighted by Gasteiger charge is -2.05. The van der Waals surface area contributed by atoms with Gasteiger partial charge in [0.1, 0.15) is 5.82 Å². The van der Waals surface area contributed by atoms with Crippen molar-refractivity contribution in [1.82, 2.24) is 19.9 Å². The van der Waals surface area contributed by atoms with Crippen molar-refractivity contribution in [2.24, 2.45) is 0 Å². The maximum Gasteiger partial charge on any atom is 0.245 e. The number of hydrogen-bond acceptors (Lipinski definition) is 5. The average Bonchev–Trinajstić information content (AvgIpc) is 3.14. The molecule has 4 rings (SSSR count). The number of thiazole rings is 1. The predicted molar refractivity (Wildman–Crippen MR) is 87.7 cm³/mol. The Bertz CT molecular complexity index is 1000. The minimum absolute atomic E-state index is 0.130. The molecular formula is C15H10ClFN4OS. The molecule has 0 aliphatic carbocycles. The summed E-state index contributed by atoms with van der Waals surface area (Å²) in [6.45, 7) is 0.378. The molecule has 0 aliphatic heterocycles. The molecule has 116 valence electrons. The topological polar surface area (TPSA) is 63.7 Å². The van der Waals surface area contributed by atoms with E-state index in [0.29, 0.717) is 29.3 Å². The van der Waals surface area contributed by atoms with Crippen LogP contribution in [0, 0.1) is 5.82 Å². The number of H-pyrrole nitrogens is 1. The Kier molecular flexibility index (Phi) is 3.59. The van der Waals surface area contributed by atoms with Crippen molar-refractivity contribution in [2.75, 3.05) is 6.61 Å². The SMILES string of the molecule is Fc1ccc2[nH]cc(CCOc3nc(Cl)nc4scnc34)c2c1. The standard InChI is InChI=1S/C15H10ClFN4OS/c16-15-20-13(12-14(21-15)23-7-19-12)22-4-3-8-6-18-11-2-1-9(17)5-10(8)11/h1-2,5-7,18H,3-4H2. The van der Waals surface area contributed by atoms with E-state index in [9.17, 15) is 4.39 Å². The van der Waals surface area contributed by atoms with Crippen LogP contribution < -0.4 is 4.74 Å². The van der Waals surface area contributed by atoms with E-state index in [4.69, 9.17) is 16.3 Å². The van der Waals surface area contributed by atoms with E-state index in [-0.39, 0.29) is 11.1 Å². The highest BCUT2D eigenvalue weighted by Crippen LogP contribution is 2.26. The van der Waals surface area contributed by atoms with Crippen LogP contribution in [0.5, 0.6) is 5.88 Å². The van der Waals surface area contributed by atoms with E-state index in [2.05, 4.69) is 19.9 Å². The van der Waals surface area contributed by atoms with Crippen molar-refractivity contribution in [2.45, 2.75) is 6.42 Å². The van der Waals surface area contributed by atoms with Gasteiger partial charge in [0.15, 0.2) is 10.3 Å². The van der Waals surface area contributed by atoms with E-state index in [1.807, 2.05) is 6.20 Å². The molecule has 0 amide bonds. The minimum Gasteiger partial charge on any atom is -0.476 e. The Balaban J connectivity index is 1.54. The summed E-state index contributed by atoms with van der Waals surface area (Å²) in [6, 6.07) is 4.67. The lowest BCUT2D eigenvalue weighted by molar-refractivity contribution is 0.313. The fraction of sp³-hybridized carbons (Fsp3) is 0.133. The monoisotopic (exact) mass is 348 g/mol. The van der Waals surface area contributed by atoms with Crippen molar-refractivity contribution in [1.29, 1.82) is 0 Å². The van der Waals surface area contributed by atoms with E-state index < -0.39 is 0 Å². The highest BCUT2D eigenvalue weighted by Gasteiger charge is 2.11. The number of rotatable bonds is 4. The van der Waals surface area contributed by atoms with Gasteiger partial charge in [-0.3, -0.25) is 0 Å². The zero-order chi connectivity index (χ0) is 15.8. The number of benzene rings is 1. The van der Waals surface area contributed by atoms with Crippen LogP contribution in [0.4, 0.5) is 4.39 Å². The number of hydrogen-bond donors (Lipinski definition) is 1. The summed E-state index contributed by atoms with van der Waals surface area (Å²) < 4.78 is 19.1. The van der Waals surface area contributed by atoms with E-state index in [0.717, 1.165) is 16.5 Å². The van der Waals surface area contributed by atoms with Gasteiger partial charge < -0.3 is 9.72 Å². The van der Waals surface area contributed by atoms with Gasteiger partial charge in [-0.15, -0.1) is 11.3 Å². The first-order valence-electron chi connectivity index (χ1n) is 6.86. The van der Waals surface area contributed by atoms with Crippen LogP contribution in [0.2, 0.25) is 5.28 Å². The fourth-order valence-corrected chi connectivity index (χ4v) is 3.29. The van der Waals surface area contributed by atoms with Gasteiger partial charge in [0.05, 0.1) is 12.1 Å². The van der Waals surface area contributed by atoms with Crippen LogP contribution in [-0.4, -0.2) is 26.5 Å². The molecule has 0 radical (unpaired) electrons. The summed E-state index contributed by atoms with van der Waals surface area (Å²) in [7, 11) is 0. The first-order valence-corrected chi connectivity index (χ1v) is 8.11. The van der Waals surface area contributed by atoms with Gasteiger partial charge in [-0.2, -0.15) is 4.98 Å². The smallest absolute Gasteiger partial charge is 0.245 e. The summed E-state index contributed by atoms with van der Waals surface area (Å²) in [5.41, 5.74) is 4.15. The van der Waals surface area contributed by atoms with Crippen molar-refractivity contribution in [3.05, 3.63) is 46.6 Å². The zero-order valence-electron chi connectivity index (χ0n) is 11.7. The largest absolute Gasteiger partial charge is 0.476 e. The van der Waals surface area contributed by atoms with Crippen molar-refractivity contribution >= 4 is 44.2 Å². The van der Waals surface area contributed by atoms with Gasteiger partial charge in [-0.05, 0) is 35.4 Å². The van der Waals surface area contributed by atoms with Crippen LogP contribution >= 0.6 is 22.9 Å². The lowest BCUT2D eigenvalue weighted by Crippen LogP contribution is -2.03. The second kappa shape index (κ2) is 5.75. The molecular weight excluding hydrogens is 339 g/mol. The molecule has 4 aromatic rings. The highest BCUT2D eigenvalue weighted by atomic mass is 35.5. The summed E-state index contributed by atoms with van der Waals surface area (Å²) in [5, 5.41) is 0.985. The van der Waals surface area contributed by atoms with E-state index >= 15 is 0 Å². The van der Waals surface area contributed by atoms with E-state index in [1.165, 1.54) is 23.5 Å². The third-order valence-corrected chi connectivity index (χ3v) is 4.37. The van der Waals surface area contributed by atoms with Crippen molar-refractivity contribution in [3.63, 3.8) is 0 Å². The molecule has 0 unspecified atom stereocenters. The molecule has 0 atom stereocenters. The lowest BCUT2D eigenvalue weighted by atomic mass is 10.1. The Morgan fingerprint density at radius 2 is 2.22 bits per heavy atom. The normalized spacial score (nSPS) is 11.4. The number of halogens is 2. The molecule has 1 N–H and O–H groups in total. The average molecular weight is 349 g/mol. The van der Waals surface area contributed by atoms with Crippen molar-refractivity contribution < 1.29 is 9.13 Å². The highest BCUT2D eigenvalue weighted by molar-refractivity contribution is 7.16. The third-order valence-electron chi connectivity index (χ3n) is 3.48. The molecule has 0 aliphatic rings. The quantitative estimate of drug-likeness (QED) is 0.566. The maximum atomic E-state index is 13.4. The summed E-state index contributed by atoms with van der Waals surface area (Å²) in [5.74, 6) is 0.110. The Morgan fingerprint density at radius 3 is 3.13 bits per heavy atom. The molecule has 3 heterocycles. The second-order valence-electron chi connectivity index (χ2n) is 4.91. The van der Waals surface area contributed by atoms with Gasteiger partial charge in [0.2, 0.25) is 11.2 Å². The minimum atomic E-state index is -0.258. The van der Waals surface area contributed by atoms with Gasteiger partial charge >= 0.3 is 0 Å². The Hall–Kier alpha value is -2.25. The van der Waals surface area contributed by atoms with Gasteiger partial charge in [0.25, 0.3) is 0 Å². The summed E-state index contributed by atoms with van der Waals surface area (Å²) in [4.78, 5) is 16.2.